The van der Waals surface area contributed by atoms with Gasteiger partial charge in [-0.15, -0.1) is 0 Å². The molecule has 4 heterocycles. The lowest BCUT2D eigenvalue weighted by Gasteiger charge is -2.19. The van der Waals surface area contributed by atoms with Gasteiger partial charge in [-0.3, -0.25) is 0 Å². The van der Waals surface area contributed by atoms with Gasteiger partial charge in [0.25, 0.3) is 0 Å². The van der Waals surface area contributed by atoms with E-state index in [9.17, 15) is 0 Å². The molecule has 24 rings (SSSR count). The summed E-state index contributed by atoms with van der Waals surface area (Å²) in [5.74, 6) is 0.391. The predicted octanol–water partition coefficient (Wildman–Crippen LogP) is 28.7. The van der Waals surface area contributed by atoms with Gasteiger partial charge in [0.05, 0.1) is 27.8 Å². The molecule has 0 bridgehead atoms. The molecule has 0 saturated carbocycles. The van der Waals surface area contributed by atoms with Gasteiger partial charge in [0.1, 0.15) is 22.3 Å². The predicted molar refractivity (Wildman–Crippen MR) is 459 cm³/mol. The van der Waals surface area contributed by atoms with Gasteiger partial charge >= 0.3 is 0 Å². The fourth-order valence-corrected chi connectivity index (χ4v) is 18.9. The van der Waals surface area contributed by atoms with E-state index in [0.717, 1.165) is 49.4 Å². The van der Waals surface area contributed by atoms with Crippen molar-refractivity contribution in [2.24, 2.45) is 0 Å². The van der Waals surface area contributed by atoms with Crippen molar-refractivity contribution in [3.63, 3.8) is 0 Å². The van der Waals surface area contributed by atoms with Gasteiger partial charge in [-0.1, -0.05) is 285 Å². The maximum absolute atomic E-state index is 6.30. The Bertz CT molecular complexity index is 7550. The summed E-state index contributed by atoms with van der Waals surface area (Å²) in [6, 6.07) is 142. The Hall–Kier alpha value is -14.3. The largest absolute Gasteiger partial charge is 0.456 e. The maximum atomic E-state index is 6.30. The molecule has 22 aromatic rings. The number of furan rings is 2. The standard InChI is InChI=1S/C54H34O.C52H32N2O/c1-2-12-33(13-3-1)53-43-17-6-4-14-40(43)48-30-34(24-27-46(48)53)35-25-28-47-49(31-35)41-15-5-7-18-44(41)54(47)45-22-11-20-38-37(19-10-21-39(38)45)36-26-29-52-50(32-36)42-16-8-9-23-51(42)55-52;1-2-12-36(13-3-1)53-46-20-7-4-14-40(46)44-30-33(25-28-49(44)53)34-26-29-50-45(31-34)41-15-5-8-21-47(41)54(50)48-22-11-18-38-37(17-10-19-39(38)48)35-24-27-43-42-16-6-9-23-51(42)55-52(43)32-35/h1-32,53-54H;1-32H. The molecular weight excluding hydrogens is 1330 g/mol. The summed E-state index contributed by atoms with van der Waals surface area (Å²) in [4.78, 5) is 0. The molecule has 4 nitrogen and oxygen atoms in total. The van der Waals surface area contributed by atoms with Crippen LogP contribution in [0.3, 0.4) is 0 Å². The Kier molecular flexibility index (Phi) is 13.9. The second kappa shape index (κ2) is 24.6. The summed E-state index contributed by atoms with van der Waals surface area (Å²) in [6.45, 7) is 0. The van der Waals surface area contributed by atoms with E-state index < -0.39 is 0 Å². The van der Waals surface area contributed by atoms with Crippen LogP contribution in [-0.4, -0.2) is 9.13 Å². The van der Waals surface area contributed by atoms with E-state index in [-0.39, 0.29) is 11.8 Å². The Balaban J connectivity index is 0.000000132. The Morgan fingerprint density at radius 1 is 0.182 bits per heavy atom. The zero-order valence-electron chi connectivity index (χ0n) is 59.8. The molecule has 512 valence electrons. The zero-order chi connectivity index (χ0) is 72.1. The number of hydrogen-bond donors (Lipinski definition) is 0. The minimum absolute atomic E-state index is 0.137. The molecule has 0 N–H and O–H groups in total. The SMILES string of the molecule is c1ccc(-n2c3ccccc3c3cc(-c4ccc5c(c4)c4ccccc4n5-c4cccc5c(-c6ccc7c(c6)oc6ccccc67)cccc45)ccc32)cc1.c1ccc(C2c3ccccc3-c3cc(-c4ccc5c(c4)-c4ccccc4C5c4cccc5c(-c6ccc7oc8ccccc8c7c6)cccc45)ccc32)cc1. The van der Waals surface area contributed by atoms with E-state index in [1.54, 1.807) is 0 Å². The third kappa shape index (κ3) is 9.59. The van der Waals surface area contributed by atoms with Crippen molar-refractivity contribution in [3.8, 4) is 78.1 Å². The monoisotopic (exact) mass is 1400 g/mol. The minimum atomic E-state index is 0.137. The van der Waals surface area contributed by atoms with Crippen LogP contribution in [0.5, 0.6) is 0 Å². The molecule has 0 spiro atoms. The lowest BCUT2D eigenvalue weighted by atomic mass is 9.84. The fraction of sp³-hybridized carbons (Fsp3) is 0.0189. The van der Waals surface area contributed by atoms with Gasteiger partial charge in [0.15, 0.2) is 0 Å². The molecule has 18 aromatic carbocycles. The quantitative estimate of drug-likeness (QED) is 0.152. The third-order valence-corrected chi connectivity index (χ3v) is 23.8. The van der Waals surface area contributed by atoms with Crippen LogP contribution in [0, 0.1) is 0 Å². The summed E-state index contributed by atoms with van der Waals surface area (Å²) >= 11 is 0. The Morgan fingerprint density at radius 3 is 1.26 bits per heavy atom. The summed E-state index contributed by atoms with van der Waals surface area (Å²) in [5, 5.41) is 14.6. The number of nitrogens with zero attached hydrogens (tertiary/aromatic N) is 2. The van der Waals surface area contributed by atoms with Crippen LogP contribution >= 0.6 is 0 Å². The average Bonchev–Trinajstić information content (AvgIpc) is 1.54. The van der Waals surface area contributed by atoms with Crippen LogP contribution in [-0.2, 0) is 0 Å². The number of fused-ring (bicyclic) bond motifs is 20. The number of rotatable bonds is 8. The summed E-state index contributed by atoms with van der Waals surface area (Å²) in [5.41, 5.74) is 34.0. The molecule has 2 atom stereocenters. The van der Waals surface area contributed by atoms with E-state index >= 15 is 0 Å². The van der Waals surface area contributed by atoms with E-state index in [1.807, 2.05) is 24.3 Å². The Labute approximate surface area is 634 Å². The highest BCUT2D eigenvalue weighted by Crippen LogP contribution is 2.54. The van der Waals surface area contributed by atoms with Crippen LogP contribution in [0.25, 0.3) is 187 Å². The fourth-order valence-electron chi connectivity index (χ4n) is 18.9. The highest BCUT2D eigenvalue weighted by atomic mass is 16.3. The first-order valence-corrected chi connectivity index (χ1v) is 38.1. The van der Waals surface area contributed by atoms with Gasteiger partial charge < -0.3 is 18.0 Å². The second-order valence-electron chi connectivity index (χ2n) is 29.6. The number of para-hydroxylation sites is 5. The van der Waals surface area contributed by atoms with Crippen molar-refractivity contribution in [3.05, 3.63) is 422 Å². The third-order valence-electron chi connectivity index (χ3n) is 23.8. The molecule has 0 amide bonds. The van der Waals surface area contributed by atoms with E-state index in [1.165, 1.54) is 171 Å². The molecule has 110 heavy (non-hydrogen) atoms. The first kappa shape index (κ1) is 61.9. The molecule has 0 radical (unpaired) electrons. The smallest absolute Gasteiger partial charge is 0.136 e. The molecule has 0 fully saturated rings. The average molecular weight is 1400 g/mol. The van der Waals surface area contributed by atoms with Crippen LogP contribution in [0.2, 0.25) is 0 Å². The van der Waals surface area contributed by atoms with E-state index in [2.05, 4.69) is 373 Å². The molecular formula is C106H66N2O2. The lowest BCUT2D eigenvalue weighted by molar-refractivity contribution is 0.668. The van der Waals surface area contributed by atoms with Crippen molar-refractivity contribution in [2.75, 3.05) is 0 Å². The first-order chi connectivity index (χ1) is 54.6. The lowest BCUT2D eigenvalue weighted by Crippen LogP contribution is -2.00. The van der Waals surface area contributed by atoms with Crippen molar-refractivity contribution >= 4 is 109 Å². The van der Waals surface area contributed by atoms with Crippen LogP contribution in [0.15, 0.2) is 397 Å². The van der Waals surface area contributed by atoms with E-state index in [4.69, 9.17) is 8.83 Å². The molecule has 4 heteroatoms. The Morgan fingerprint density at radius 2 is 0.582 bits per heavy atom. The topological polar surface area (TPSA) is 36.1 Å². The van der Waals surface area contributed by atoms with Crippen molar-refractivity contribution in [1.29, 1.82) is 0 Å². The molecule has 4 aromatic heterocycles. The maximum Gasteiger partial charge on any atom is 0.136 e. The summed E-state index contributed by atoms with van der Waals surface area (Å²) in [7, 11) is 0. The molecule has 0 aliphatic heterocycles. The molecule has 2 unspecified atom stereocenters. The van der Waals surface area contributed by atoms with Gasteiger partial charge in [-0.2, -0.15) is 0 Å². The van der Waals surface area contributed by atoms with Crippen molar-refractivity contribution in [2.45, 2.75) is 11.8 Å². The van der Waals surface area contributed by atoms with Crippen molar-refractivity contribution in [1.82, 2.24) is 9.13 Å². The number of aromatic nitrogens is 2. The van der Waals surface area contributed by atoms with Gasteiger partial charge in [0.2, 0.25) is 0 Å². The minimum Gasteiger partial charge on any atom is -0.456 e. The number of benzene rings is 18. The molecule has 2 aliphatic carbocycles. The first-order valence-electron chi connectivity index (χ1n) is 38.1. The van der Waals surface area contributed by atoms with Crippen LogP contribution < -0.4 is 0 Å². The number of hydrogen-bond acceptors (Lipinski definition) is 2. The highest BCUT2D eigenvalue weighted by Gasteiger charge is 2.34. The second-order valence-corrected chi connectivity index (χ2v) is 29.6. The van der Waals surface area contributed by atoms with E-state index in [0.29, 0.717) is 0 Å². The van der Waals surface area contributed by atoms with Gasteiger partial charge in [-0.25, -0.2) is 0 Å². The molecule has 0 saturated heterocycles. The summed E-state index contributed by atoms with van der Waals surface area (Å²) in [6.07, 6.45) is 0. The van der Waals surface area contributed by atoms with Gasteiger partial charge in [-0.05, 0) is 219 Å². The summed E-state index contributed by atoms with van der Waals surface area (Å²) < 4.78 is 17.3. The van der Waals surface area contributed by atoms with Gasteiger partial charge in [0, 0.05) is 66.0 Å². The van der Waals surface area contributed by atoms with Crippen LogP contribution in [0.4, 0.5) is 0 Å². The molecule has 2 aliphatic rings. The highest BCUT2D eigenvalue weighted by molar-refractivity contribution is 6.15. The normalized spacial score (nSPS) is 13.6. The zero-order valence-corrected chi connectivity index (χ0v) is 59.8. The van der Waals surface area contributed by atoms with Crippen LogP contribution in [0.1, 0.15) is 45.2 Å². The van der Waals surface area contributed by atoms with Crippen molar-refractivity contribution < 1.29 is 8.83 Å².